The highest BCUT2D eigenvalue weighted by atomic mass is 16.5. The van der Waals surface area contributed by atoms with E-state index in [4.69, 9.17) is 9.47 Å². The van der Waals surface area contributed by atoms with Crippen LogP contribution in [0, 0.1) is 0 Å². The van der Waals surface area contributed by atoms with E-state index >= 15 is 0 Å². The smallest absolute Gasteiger partial charge is 0.226 e. The number of allylic oxidation sites excluding steroid dienone is 1. The van der Waals surface area contributed by atoms with E-state index in [0.717, 1.165) is 22.3 Å². The van der Waals surface area contributed by atoms with E-state index in [1.165, 1.54) is 6.08 Å². The fraction of sp³-hybridized carbons (Fsp3) is 0.0526. The number of nitrogens with one attached hydrogen (secondary N) is 2. The minimum Gasteiger partial charge on any atom is -0.495 e. The van der Waals surface area contributed by atoms with Gasteiger partial charge in [0.2, 0.25) is 11.7 Å². The summed E-state index contributed by atoms with van der Waals surface area (Å²) in [5, 5.41) is 4.00. The molecule has 1 aliphatic rings. The zero-order valence-corrected chi connectivity index (χ0v) is 13.4. The van der Waals surface area contributed by atoms with Crippen molar-refractivity contribution in [3.8, 4) is 5.75 Å². The van der Waals surface area contributed by atoms with Crippen molar-refractivity contribution in [1.29, 1.82) is 0 Å². The standard InChI is InChI=1S/C19H15N3O3/c1-24-16-7-3-2-6-14(16)22-18-10-15(23)17(25-18)9-12-11-21-19-13(12)5-4-8-20-19/h2-11,22H,1H3,(H,20,21)/b17-9-. The predicted molar refractivity (Wildman–Crippen MR) is 94.9 cm³/mol. The molecule has 0 unspecified atom stereocenters. The number of methoxy groups -OCH3 is 1. The molecule has 0 radical (unpaired) electrons. The Morgan fingerprint density at radius 2 is 2.12 bits per heavy atom. The number of hydrogen-bond acceptors (Lipinski definition) is 5. The minimum absolute atomic E-state index is 0.198. The Morgan fingerprint density at radius 3 is 3.00 bits per heavy atom. The fourth-order valence-corrected chi connectivity index (χ4v) is 2.67. The van der Waals surface area contributed by atoms with Crippen molar-refractivity contribution in [2.45, 2.75) is 0 Å². The Hall–Kier alpha value is -3.54. The monoisotopic (exact) mass is 333 g/mol. The van der Waals surface area contributed by atoms with Crippen LogP contribution in [-0.4, -0.2) is 22.9 Å². The van der Waals surface area contributed by atoms with E-state index in [-0.39, 0.29) is 11.5 Å². The molecule has 0 spiro atoms. The third-order valence-corrected chi connectivity index (χ3v) is 3.86. The zero-order chi connectivity index (χ0) is 17.2. The molecule has 0 saturated heterocycles. The van der Waals surface area contributed by atoms with Gasteiger partial charge < -0.3 is 19.8 Å². The number of aromatic amines is 1. The Balaban J connectivity index is 1.58. The molecule has 1 aliphatic heterocycles. The van der Waals surface area contributed by atoms with Crippen LogP contribution in [0.4, 0.5) is 5.69 Å². The van der Waals surface area contributed by atoms with Crippen molar-refractivity contribution in [3.05, 3.63) is 72.1 Å². The summed E-state index contributed by atoms with van der Waals surface area (Å²) in [4.78, 5) is 19.5. The van der Waals surface area contributed by atoms with Crippen LogP contribution in [0.25, 0.3) is 17.1 Å². The Bertz CT molecular complexity index is 1020. The zero-order valence-electron chi connectivity index (χ0n) is 13.4. The number of carbonyl (C=O) groups is 1. The normalized spacial score (nSPS) is 15.3. The quantitative estimate of drug-likeness (QED) is 0.715. The summed E-state index contributed by atoms with van der Waals surface area (Å²) in [6, 6.07) is 11.2. The lowest BCUT2D eigenvalue weighted by Gasteiger charge is -2.11. The molecule has 4 rings (SSSR count). The number of para-hydroxylation sites is 2. The van der Waals surface area contributed by atoms with Crippen LogP contribution < -0.4 is 10.1 Å². The lowest BCUT2D eigenvalue weighted by atomic mass is 10.2. The molecule has 3 aromatic rings. The maximum Gasteiger partial charge on any atom is 0.226 e. The maximum absolute atomic E-state index is 12.2. The number of H-pyrrole nitrogens is 1. The van der Waals surface area contributed by atoms with Crippen LogP contribution in [0.15, 0.2) is 66.5 Å². The number of rotatable bonds is 4. The van der Waals surface area contributed by atoms with E-state index in [9.17, 15) is 4.79 Å². The van der Waals surface area contributed by atoms with Crippen molar-refractivity contribution in [2.24, 2.45) is 0 Å². The first-order chi connectivity index (χ1) is 12.2. The first-order valence-electron chi connectivity index (χ1n) is 7.72. The summed E-state index contributed by atoms with van der Waals surface area (Å²) < 4.78 is 11.0. The first kappa shape index (κ1) is 15.0. The summed E-state index contributed by atoms with van der Waals surface area (Å²) in [5.74, 6) is 1.08. The SMILES string of the molecule is COc1ccccc1NC1=CC(=O)/C(=C/c2c[nH]c3ncccc23)O1. The second-order valence-electron chi connectivity index (χ2n) is 5.45. The van der Waals surface area contributed by atoms with Crippen molar-refractivity contribution in [1.82, 2.24) is 9.97 Å². The van der Waals surface area contributed by atoms with Crippen molar-refractivity contribution >= 4 is 28.6 Å². The average molecular weight is 333 g/mol. The number of carbonyl (C=O) groups excluding carboxylic acids is 1. The van der Waals surface area contributed by atoms with Gasteiger partial charge in [0.15, 0.2) is 5.76 Å². The Labute approximate surface area is 143 Å². The summed E-state index contributed by atoms with van der Waals surface area (Å²) in [6.07, 6.45) is 6.64. The number of ketones is 1. The van der Waals surface area contributed by atoms with E-state index in [1.54, 1.807) is 25.6 Å². The summed E-state index contributed by atoms with van der Waals surface area (Å²) in [7, 11) is 1.59. The second kappa shape index (κ2) is 6.16. The van der Waals surface area contributed by atoms with Crippen LogP contribution in [0.2, 0.25) is 0 Å². The molecule has 2 N–H and O–H groups in total. The second-order valence-corrected chi connectivity index (χ2v) is 5.45. The minimum atomic E-state index is -0.198. The van der Waals surface area contributed by atoms with Crippen LogP contribution >= 0.6 is 0 Å². The van der Waals surface area contributed by atoms with E-state index < -0.39 is 0 Å². The molecule has 0 bridgehead atoms. The number of ether oxygens (including phenoxy) is 2. The molecule has 0 fully saturated rings. The number of pyridine rings is 1. The van der Waals surface area contributed by atoms with E-state index in [2.05, 4.69) is 15.3 Å². The molecule has 6 nitrogen and oxygen atoms in total. The average Bonchev–Trinajstić information content (AvgIpc) is 3.20. The molecule has 0 saturated carbocycles. The number of hydrogen-bond donors (Lipinski definition) is 2. The first-order valence-corrected chi connectivity index (χ1v) is 7.72. The molecule has 25 heavy (non-hydrogen) atoms. The van der Waals surface area contributed by atoms with Gasteiger partial charge in [0.25, 0.3) is 0 Å². The van der Waals surface area contributed by atoms with Crippen LogP contribution in [0.3, 0.4) is 0 Å². The fourth-order valence-electron chi connectivity index (χ4n) is 2.67. The highest BCUT2D eigenvalue weighted by molar-refractivity contribution is 6.09. The van der Waals surface area contributed by atoms with Gasteiger partial charge in [-0.2, -0.15) is 0 Å². The van der Waals surface area contributed by atoms with Gasteiger partial charge in [-0.3, -0.25) is 4.79 Å². The van der Waals surface area contributed by atoms with Crippen molar-refractivity contribution in [3.63, 3.8) is 0 Å². The summed E-state index contributed by atoms with van der Waals surface area (Å²) in [5.41, 5.74) is 2.33. The molecule has 6 heteroatoms. The highest BCUT2D eigenvalue weighted by Gasteiger charge is 2.22. The lowest BCUT2D eigenvalue weighted by Crippen LogP contribution is -2.01. The maximum atomic E-state index is 12.2. The third kappa shape index (κ3) is 2.85. The third-order valence-electron chi connectivity index (χ3n) is 3.86. The number of nitrogens with zero attached hydrogens (tertiary/aromatic N) is 1. The molecule has 0 amide bonds. The molecule has 1 aromatic carbocycles. The molecule has 3 heterocycles. The van der Waals surface area contributed by atoms with Gasteiger partial charge in [0.1, 0.15) is 11.4 Å². The number of benzene rings is 1. The van der Waals surface area contributed by atoms with E-state index in [0.29, 0.717) is 11.6 Å². The van der Waals surface area contributed by atoms with E-state index in [1.807, 2.05) is 36.4 Å². The van der Waals surface area contributed by atoms with Crippen molar-refractivity contribution < 1.29 is 14.3 Å². The predicted octanol–water partition coefficient (Wildman–Crippen LogP) is 3.47. The molecule has 0 aliphatic carbocycles. The molecular weight excluding hydrogens is 318 g/mol. The molecular formula is C19H15N3O3. The molecule has 0 atom stereocenters. The molecule has 124 valence electrons. The van der Waals surface area contributed by atoms with Gasteiger partial charge in [0.05, 0.1) is 18.9 Å². The Morgan fingerprint density at radius 1 is 1.24 bits per heavy atom. The number of aromatic nitrogens is 2. The van der Waals surface area contributed by atoms with Gasteiger partial charge in [-0.25, -0.2) is 4.98 Å². The van der Waals surface area contributed by atoms with Crippen LogP contribution in [0.1, 0.15) is 5.56 Å². The van der Waals surface area contributed by atoms with Crippen LogP contribution in [0.5, 0.6) is 5.75 Å². The van der Waals surface area contributed by atoms with Gasteiger partial charge in [-0.05, 0) is 30.3 Å². The number of fused-ring (bicyclic) bond motifs is 1. The Kier molecular flexibility index (Phi) is 3.70. The topological polar surface area (TPSA) is 76.2 Å². The highest BCUT2D eigenvalue weighted by Crippen LogP contribution is 2.28. The molecule has 2 aromatic heterocycles. The van der Waals surface area contributed by atoms with Gasteiger partial charge >= 0.3 is 0 Å². The lowest BCUT2D eigenvalue weighted by molar-refractivity contribution is -0.112. The van der Waals surface area contributed by atoms with Crippen molar-refractivity contribution in [2.75, 3.05) is 12.4 Å². The largest absolute Gasteiger partial charge is 0.495 e. The van der Waals surface area contributed by atoms with Gasteiger partial charge in [0, 0.05) is 23.3 Å². The summed E-state index contributed by atoms with van der Waals surface area (Å²) in [6.45, 7) is 0. The number of anilines is 1. The van der Waals surface area contributed by atoms with Gasteiger partial charge in [-0.1, -0.05) is 12.1 Å². The van der Waals surface area contributed by atoms with Crippen LogP contribution in [-0.2, 0) is 9.53 Å². The van der Waals surface area contributed by atoms with Gasteiger partial charge in [-0.15, -0.1) is 0 Å². The summed E-state index contributed by atoms with van der Waals surface area (Å²) >= 11 is 0.